The summed E-state index contributed by atoms with van der Waals surface area (Å²) in [5.74, 6) is 1.90. The summed E-state index contributed by atoms with van der Waals surface area (Å²) < 4.78 is 16.1. The van der Waals surface area contributed by atoms with E-state index in [1.165, 1.54) is 0 Å². The lowest BCUT2D eigenvalue weighted by Crippen LogP contribution is -2.34. The Labute approximate surface area is 152 Å². The SMILES string of the molecule is COc1ccc(OCC(=O)N(Cc2ccccn2)Cc2ccco2)cc1. The summed E-state index contributed by atoms with van der Waals surface area (Å²) in [7, 11) is 1.60. The lowest BCUT2D eigenvalue weighted by Gasteiger charge is -2.21. The fourth-order valence-corrected chi connectivity index (χ4v) is 2.42. The highest BCUT2D eigenvalue weighted by molar-refractivity contribution is 5.77. The Kier molecular flexibility index (Phi) is 5.88. The van der Waals surface area contributed by atoms with E-state index in [1.54, 1.807) is 54.8 Å². The van der Waals surface area contributed by atoms with Gasteiger partial charge in [-0.1, -0.05) is 6.07 Å². The second kappa shape index (κ2) is 8.71. The number of nitrogens with zero attached hydrogens (tertiary/aromatic N) is 2. The van der Waals surface area contributed by atoms with E-state index in [2.05, 4.69) is 4.98 Å². The minimum atomic E-state index is -0.150. The molecule has 2 heterocycles. The molecule has 0 aliphatic heterocycles. The summed E-state index contributed by atoms with van der Waals surface area (Å²) in [4.78, 5) is 18.6. The number of furan rings is 1. The number of hydrogen-bond donors (Lipinski definition) is 0. The standard InChI is InChI=1S/C20H20N2O4/c1-24-17-7-9-18(10-8-17)26-15-20(23)22(14-19-6-4-12-25-19)13-16-5-2-3-11-21-16/h2-12H,13-15H2,1H3. The fourth-order valence-electron chi connectivity index (χ4n) is 2.42. The molecule has 0 unspecified atom stereocenters. The fraction of sp³-hybridized carbons (Fsp3) is 0.200. The summed E-state index contributed by atoms with van der Waals surface area (Å²) in [6, 6.07) is 16.4. The quantitative estimate of drug-likeness (QED) is 0.622. The zero-order chi connectivity index (χ0) is 18.2. The summed E-state index contributed by atoms with van der Waals surface area (Å²) in [5, 5.41) is 0. The van der Waals surface area contributed by atoms with Crippen LogP contribution >= 0.6 is 0 Å². The van der Waals surface area contributed by atoms with Gasteiger partial charge in [0, 0.05) is 6.20 Å². The van der Waals surface area contributed by atoms with Gasteiger partial charge in [0.15, 0.2) is 6.61 Å². The van der Waals surface area contributed by atoms with Crippen LogP contribution < -0.4 is 9.47 Å². The smallest absolute Gasteiger partial charge is 0.261 e. The van der Waals surface area contributed by atoms with Gasteiger partial charge >= 0.3 is 0 Å². The molecule has 1 amide bonds. The van der Waals surface area contributed by atoms with Crippen LogP contribution in [0.3, 0.4) is 0 Å². The molecular formula is C20H20N2O4. The first-order chi connectivity index (χ1) is 12.7. The third kappa shape index (κ3) is 4.86. The maximum absolute atomic E-state index is 12.7. The molecule has 134 valence electrons. The molecule has 0 saturated carbocycles. The normalized spacial score (nSPS) is 10.3. The number of carbonyl (C=O) groups excluding carboxylic acids is 1. The lowest BCUT2D eigenvalue weighted by molar-refractivity contribution is -0.135. The van der Waals surface area contributed by atoms with E-state index in [4.69, 9.17) is 13.9 Å². The number of pyridine rings is 1. The van der Waals surface area contributed by atoms with Crippen molar-refractivity contribution in [3.63, 3.8) is 0 Å². The molecule has 3 rings (SSSR count). The Balaban J connectivity index is 1.65. The molecular weight excluding hydrogens is 332 g/mol. The third-order valence-corrected chi connectivity index (χ3v) is 3.78. The van der Waals surface area contributed by atoms with Crippen LogP contribution in [-0.4, -0.2) is 29.5 Å². The van der Waals surface area contributed by atoms with Crippen LogP contribution in [0.25, 0.3) is 0 Å². The molecule has 0 aliphatic carbocycles. The molecule has 0 saturated heterocycles. The lowest BCUT2D eigenvalue weighted by atomic mass is 10.3. The van der Waals surface area contributed by atoms with Gasteiger partial charge in [-0.05, 0) is 48.5 Å². The highest BCUT2D eigenvalue weighted by Crippen LogP contribution is 2.17. The first kappa shape index (κ1) is 17.5. The average Bonchev–Trinajstić information content (AvgIpc) is 3.20. The molecule has 0 radical (unpaired) electrons. The third-order valence-electron chi connectivity index (χ3n) is 3.78. The van der Waals surface area contributed by atoms with E-state index in [0.29, 0.717) is 24.6 Å². The van der Waals surface area contributed by atoms with Gasteiger partial charge in [-0.25, -0.2) is 0 Å². The molecule has 0 aliphatic rings. The molecule has 0 fully saturated rings. The molecule has 3 aromatic rings. The largest absolute Gasteiger partial charge is 0.497 e. The van der Waals surface area contributed by atoms with Crippen LogP contribution in [0.2, 0.25) is 0 Å². The van der Waals surface area contributed by atoms with Crippen molar-refractivity contribution >= 4 is 5.91 Å². The van der Waals surface area contributed by atoms with Gasteiger partial charge in [0.1, 0.15) is 17.3 Å². The van der Waals surface area contributed by atoms with Crippen molar-refractivity contribution in [2.24, 2.45) is 0 Å². The number of hydrogen-bond acceptors (Lipinski definition) is 5. The Morgan fingerprint density at radius 2 is 1.85 bits per heavy atom. The number of carbonyl (C=O) groups is 1. The monoisotopic (exact) mass is 352 g/mol. The number of ether oxygens (including phenoxy) is 2. The van der Waals surface area contributed by atoms with Crippen LogP contribution in [0.5, 0.6) is 11.5 Å². The van der Waals surface area contributed by atoms with Gasteiger partial charge in [0.05, 0.1) is 32.2 Å². The number of amides is 1. The van der Waals surface area contributed by atoms with Gasteiger partial charge in [-0.15, -0.1) is 0 Å². The van der Waals surface area contributed by atoms with Crippen molar-refractivity contribution in [3.05, 3.63) is 78.5 Å². The van der Waals surface area contributed by atoms with Gasteiger partial charge in [-0.2, -0.15) is 0 Å². The predicted octanol–water partition coefficient (Wildman–Crippen LogP) is 3.29. The average molecular weight is 352 g/mol. The minimum Gasteiger partial charge on any atom is -0.497 e. The maximum Gasteiger partial charge on any atom is 0.261 e. The molecule has 26 heavy (non-hydrogen) atoms. The van der Waals surface area contributed by atoms with Crippen LogP contribution in [0.15, 0.2) is 71.5 Å². The van der Waals surface area contributed by atoms with Gasteiger partial charge in [0.2, 0.25) is 0 Å². The van der Waals surface area contributed by atoms with E-state index >= 15 is 0 Å². The Hall–Kier alpha value is -3.28. The molecule has 6 nitrogen and oxygen atoms in total. The van der Waals surface area contributed by atoms with E-state index in [0.717, 1.165) is 11.4 Å². The molecule has 2 aromatic heterocycles. The van der Waals surface area contributed by atoms with Crippen molar-refractivity contribution in [1.29, 1.82) is 0 Å². The predicted molar refractivity (Wildman–Crippen MR) is 95.7 cm³/mol. The van der Waals surface area contributed by atoms with Gasteiger partial charge in [-0.3, -0.25) is 9.78 Å². The summed E-state index contributed by atoms with van der Waals surface area (Å²) in [6.07, 6.45) is 3.30. The highest BCUT2D eigenvalue weighted by Gasteiger charge is 2.17. The Bertz CT molecular complexity index is 802. The first-order valence-corrected chi connectivity index (χ1v) is 8.21. The van der Waals surface area contributed by atoms with Gasteiger partial charge in [0.25, 0.3) is 5.91 Å². The van der Waals surface area contributed by atoms with Crippen molar-refractivity contribution in [1.82, 2.24) is 9.88 Å². The van der Waals surface area contributed by atoms with Crippen molar-refractivity contribution < 1.29 is 18.7 Å². The summed E-state index contributed by atoms with van der Waals surface area (Å²) in [5.41, 5.74) is 0.803. The molecule has 0 atom stereocenters. The molecule has 0 N–H and O–H groups in total. The van der Waals surface area contributed by atoms with Gasteiger partial charge < -0.3 is 18.8 Å². The minimum absolute atomic E-state index is 0.0696. The molecule has 0 bridgehead atoms. The van der Waals surface area contributed by atoms with Crippen molar-refractivity contribution in [2.75, 3.05) is 13.7 Å². The number of rotatable bonds is 8. The maximum atomic E-state index is 12.7. The highest BCUT2D eigenvalue weighted by atomic mass is 16.5. The van der Waals surface area contributed by atoms with Crippen molar-refractivity contribution in [3.8, 4) is 11.5 Å². The van der Waals surface area contributed by atoms with Crippen molar-refractivity contribution in [2.45, 2.75) is 13.1 Å². The number of methoxy groups -OCH3 is 1. The number of benzene rings is 1. The second-order valence-electron chi connectivity index (χ2n) is 5.61. The van der Waals surface area contributed by atoms with Crippen LogP contribution in [0, 0.1) is 0 Å². The van der Waals surface area contributed by atoms with Crippen LogP contribution in [0.4, 0.5) is 0 Å². The second-order valence-corrected chi connectivity index (χ2v) is 5.61. The Morgan fingerprint density at radius 1 is 1.04 bits per heavy atom. The zero-order valence-corrected chi connectivity index (χ0v) is 14.5. The number of aromatic nitrogens is 1. The topological polar surface area (TPSA) is 64.8 Å². The molecule has 0 spiro atoms. The van der Waals surface area contributed by atoms with Crippen LogP contribution in [-0.2, 0) is 17.9 Å². The molecule has 6 heteroatoms. The zero-order valence-electron chi connectivity index (χ0n) is 14.5. The van der Waals surface area contributed by atoms with E-state index < -0.39 is 0 Å². The Morgan fingerprint density at radius 3 is 2.50 bits per heavy atom. The molecule has 1 aromatic carbocycles. The summed E-state index contributed by atoms with van der Waals surface area (Å²) >= 11 is 0. The van der Waals surface area contributed by atoms with Crippen LogP contribution in [0.1, 0.15) is 11.5 Å². The first-order valence-electron chi connectivity index (χ1n) is 8.21. The van der Waals surface area contributed by atoms with E-state index in [-0.39, 0.29) is 12.5 Å². The van der Waals surface area contributed by atoms with E-state index in [1.807, 2.05) is 24.3 Å². The van der Waals surface area contributed by atoms with E-state index in [9.17, 15) is 4.79 Å². The summed E-state index contributed by atoms with van der Waals surface area (Å²) in [6.45, 7) is 0.667.